The molecule has 3 nitrogen and oxygen atoms in total. The molecule has 0 bridgehead atoms. The Bertz CT molecular complexity index is 550. The van der Waals surface area contributed by atoms with Crippen molar-refractivity contribution in [2.24, 2.45) is 5.92 Å². The molecule has 0 amide bonds. The van der Waals surface area contributed by atoms with Crippen LogP contribution in [0.25, 0.3) is 0 Å². The quantitative estimate of drug-likeness (QED) is 0.917. The van der Waals surface area contributed by atoms with Crippen molar-refractivity contribution < 1.29 is 0 Å². The van der Waals surface area contributed by atoms with Crippen LogP contribution in [0.3, 0.4) is 0 Å². The Kier molecular flexibility index (Phi) is 5.21. The molecule has 4 rings (SSSR count). The summed E-state index contributed by atoms with van der Waals surface area (Å²) >= 11 is 0. The van der Waals surface area contributed by atoms with Gasteiger partial charge in [0.25, 0.3) is 0 Å². The summed E-state index contributed by atoms with van der Waals surface area (Å²) < 4.78 is 0. The number of hydrogen-bond donors (Lipinski definition) is 1. The van der Waals surface area contributed by atoms with Crippen LogP contribution in [0, 0.1) is 5.92 Å². The molecule has 2 fully saturated rings. The summed E-state index contributed by atoms with van der Waals surface area (Å²) in [6, 6.07) is 8.00. The highest BCUT2D eigenvalue weighted by molar-refractivity contribution is 5.36. The van der Waals surface area contributed by atoms with Crippen LogP contribution < -0.4 is 5.32 Å². The topological polar surface area (TPSA) is 18.5 Å². The van der Waals surface area contributed by atoms with Crippen LogP contribution in [-0.2, 0) is 12.8 Å². The Morgan fingerprint density at radius 2 is 1.92 bits per heavy atom. The lowest BCUT2D eigenvalue weighted by molar-refractivity contribution is 0.0912. The molecule has 3 heteroatoms. The van der Waals surface area contributed by atoms with Crippen molar-refractivity contribution in [3.63, 3.8) is 0 Å². The maximum absolute atomic E-state index is 3.49. The maximum atomic E-state index is 3.49. The molecule has 1 N–H and O–H groups in total. The minimum absolute atomic E-state index is 0.580. The lowest BCUT2D eigenvalue weighted by atomic mass is 9.94. The predicted octanol–water partition coefficient (Wildman–Crippen LogP) is 2.85. The summed E-state index contributed by atoms with van der Waals surface area (Å²) in [5, 5.41) is 3.49. The van der Waals surface area contributed by atoms with Crippen LogP contribution in [0.5, 0.6) is 0 Å². The van der Waals surface area contributed by atoms with Crippen LogP contribution in [0.4, 0.5) is 0 Å². The third-order valence-corrected chi connectivity index (χ3v) is 6.28. The number of piperazine rings is 1. The molecule has 2 aliphatic heterocycles. The van der Waals surface area contributed by atoms with Crippen LogP contribution in [0.2, 0.25) is 0 Å². The van der Waals surface area contributed by atoms with E-state index >= 15 is 0 Å². The summed E-state index contributed by atoms with van der Waals surface area (Å²) in [5.74, 6) is 0.846. The molecule has 3 aliphatic rings. The molecule has 1 aliphatic carbocycles. The smallest absolute Gasteiger partial charge is 0.0475 e. The van der Waals surface area contributed by atoms with Gasteiger partial charge in [0.2, 0.25) is 0 Å². The van der Waals surface area contributed by atoms with Crippen LogP contribution in [0.15, 0.2) is 18.2 Å². The first-order chi connectivity index (χ1) is 11.8. The number of rotatable bonds is 4. The van der Waals surface area contributed by atoms with Gasteiger partial charge in [0.05, 0.1) is 0 Å². The molecule has 1 aromatic rings. The Labute approximate surface area is 147 Å². The van der Waals surface area contributed by atoms with E-state index in [4.69, 9.17) is 0 Å². The summed E-state index contributed by atoms with van der Waals surface area (Å²) in [7, 11) is 0. The van der Waals surface area contributed by atoms with E-state index in [0.717, 1.165) is 19.0 Å². The van der Waals surface area contributed by atoms with E-state index in [9.17, 15) is 0 Å². The van der Waals surface area contributed by atoms with Gasteiger partial charge in [-0.3, -0.25) is 9.80 Å². The van der Waals surface area contributed by atoms with Crippen molar-refractivity contribution in [3.8, 4) is 0 Å². The van der Waals surface area contributed by atoms with Gasteiger partial charge in [-0.25, -0.2) is 0 Å². The van der Waals surface area contributed by atoms with Crippen molar-refractivity contribution >= 4 is 0 Å². The SMILES string of the molecule is CC1CCCN(C(CN2CCNCC2)c2ccc3c(c2)CCC3)C1. The van der Waals surface area contributed by atoms with Gasteiger partial charge in [-0.15, -0.1) is 0 Å². The number of likely N-dealkylation sites (tertiary alicyclic amines) is 1. The fraction of sp³-hybridized carbons (Fsp3) is 0.714. The lowest BCUT2D eigenvalue weighted by Crippen LogP contribution is -2.48. The number of hydrogen-bond acceptors (Lipinski definition) is 3. The number of fused-ring (bicyclic) bond motifs is 1. The highest BCUT2D eigenvalue weighted by Gasteiger charge is 2.28. The number of piperidine rings is 1. The van der Waals surface area contributed by atoms with Crippen LogP contribution in [-0.4, -0.2) is 55.6 Å². The number of nitrogens with zero attached hydrogens (tertiary/aromatic N) is 2. The molecular weight excluding hydrogens is 294 g/mol. The largest absolute Gasteiger partial charge is 0.314 e. The van der Waals surface area contributed by atoms with Crippen molar-refractivity contribution in [3.05, 3.63) is 34.9 Å². The third kappa shape index (κ3) is 3.68. The van der Waals surface area contributed by atoms with Crippen LogP contribution in [0.1, 0.15) is 48.9 Å². The number of aryl methyl sites for hydroxylation is 2. The molecule has 132 valence electrons. The molecule has 0 saturated carbocycles. The fourth-order valence-electron chi connectivity index (χ4n) is 4.88. The van der Waals surface area contributed by atoms with Gasteiger partial charge in [-0.2, -0.15) is 0 Å². The second-order valence-electron chi connectivity index (χ2n) is 8.19. The summed E-state index contributed by atoms with van der Waals surface area (Å²) in [6.45, 7) is 10.9. The second-order valence-corrected chi connectivity index (χ2v) is 8.19. The first-order valence-electron chi connectivity index (χ1n) is 10.1. The summed E-state index contributed by atoms with van der Waals surface area (Å²) in [4.78, 5) is 5.46. The van der Waals surface area contributed by atoms with E-state index < -0.39 is 0 Å². The standard InChI is InChI=1S/C21H33N3/c1-17-4-3-11-24(15-17)21(16-23-12-9-22-10-13-23)20-8-7-18-5-2-6-19(18)14-20/h7-8,14,17,21-22H,2-6,9-13,15-16H2,1H3. The minimum Gasteiger partial charge on any atom is -0.314 e. The zero-order valence-corrected chi connectivity index (χ0v) is 15.3. The van der Waals surface area contributed by atoms with Gasteiger partial charge in [0.1, 0.15) is 0 Å². The van der Waals surface area contributed by atoms with Crippen molar-refractivity contribution in [1.29, 1.82) is 0 Å². The van der Waals surface area contributed by atoms with E-state index in [1.165, 1.54) is 64.8 Å². The average Bonchev–Trinajstić information content (AvgIpc) is 3.08. The fourth-order valence-corrected chi connectivity index (χ4v) is 4.88. The summed E-state index contributed by atoms with van der Waals surface area (Å²) in [5.41, 5.74) is 4.80. The highest BCUT2D eigenvalue weighted by atomic mass is 15.2. The maximum Gasteiger partial charge on any atom is 0.0475 e. The van der Waals surface area contributed by atoms with E-state index in [0.29, 0.717) is 6.04 Å². The lowest BCUT2D eigenvalue weighted by Gasteiger charge is -2.41. The third-order valence-electron chi connectivity index (χ3n) is 6.28. The molecule has 0 spiro atoms. The van der Waals surface area contributed by atoms with E-state index in [-0.39, 0.29) is 0 Å². The molecule has 2 saturated heterocycles. The number of nitrogens with one attached hydrogen (secondary N) is 1. The van der Waals surface area contributed by atoms with E-state index in [1.807, 2.05) is 0 Å². The molecule has 24 heavy (non-hydrogen) atoms. The van der Waals surface area contributed by atoms with Gasteiger partial charge in [-0.05, 0) is 61.3 Å². The monoisotopic (exact) mass is 327 g/mol. The Hall–Kier alpha value is -0.900. The Morgan fingerprint density at radius 3 is 2.75 bits per heavy atom. The molecular formula is C21H33N3. The van der Waals surface area contributed by atoms with Gasteiger partial charge in [0, 0.05) is 45.3 Å². The normalized spacial score (nSPS) is 27.1. The first-order valence-corrected chi connectivity index (χ1v) is 10.1. The molecule has 0 radical (unpaired) electrons. The van der Waals surface area contributed by atoms with E-state index in [1.54, 1.807) is 16.7 Å². The Balaban J connectivity index is 1.56. The molecule has 2 unspecified atom stereocenters. The average molecular weight is 328 g/mol. The second kappa shape index (κ2) is 7.55. The van der Waals surface area contributed by atoms with E-state index in [2.05, 4.69) is 40.2 Å². The number of benzene rings is 1. The van der Waals surface area contributed by atoms with Crippen molar-refractivity contribution in [2.45, 2.75) is 45.1 Å². The van der Waals surface area contributed by atoms with Crippen molar-refractivity contribution in [1.82, 2.24) is 15.1 Å². The predicted molar refractivity (Wildman–Crippen MR) is 100 cm³/mol. The van der Waals surface area contributed by atoms with Gasteiger partial charge in [0.15, 0.2) is 0 Å². The Morgan fingerprint density at radius 1 is 1.08 bits per heavy atom. The first kappa shape index (κ1) is 16.6. The molecule has 1 aromatic carbocycles. The summed E-state index contributed by atoms with van der Waals surface area (Å²) in [6.07, 6.45) is 6.70. The van der Waals surface area contributed by atoms with Crippen molar-refractivity contribution in [2.75, 3.05) is 45.8 Å². The van der Waals surface area contributed by atoms with Gasteiger partial charge < -0.3 is 5.32 Å². The van der Waals surface area contributed by atoms with Gasteiger partial charge in [-0.1, -0.05) is 25.1 Å². The zero-order valence-electron chi connectivity index (χ0n) is 15.3. The van der Waals surface area contributed by atoms with Gasteiger partial charge >= 0.3 is 0 Å². The molecule has 2 atom stereocenters. The molecule has 2 heterocycles. The highest BCUT2D eigenvalue weighted by Crippen LogP contribution is 2.31. The zero-order chi connectivity index (χ0) is 16.4. The minimum atomic E-state index is 0.580. The molecule has 0 aromatic heterocycles. The van der Waals surface area contributed by atoms with Crippen LogP contribution >= 0.6 is 0 Å².